The van der Waals surface area contributed by atoms with Gasteiger partial charge in [-0.2, -0.15) is 0 Å². The number of hydrogen-bond acceptors (Lipinski definition) is 1. The van der Waals surface area contributed by atoms with Gasteiger partial charge in [0.15, 0.2) is 11.6 Å². The van der Waals surface area contributed by atoms with Crippen LogP contribution in [0.2, 0.25) is 0 Å². The Bertz CT molecular complexity index is 554. The van der Waals surface area contributed by atoms with Gasteiger partial charge in [0.25, 0.3) is 0 Å². The van der Waals surface area contributed by atoms with Crippen LogP contribution in [0.4, 0.5) is 13.2 Å². The van der Waals surface area contributed by atoms with Gasteiger partial charge in [0, 0.05) is 12.0 Å². The van der Waals surface area contributed by atoms with Gasteiger partial charge in [0.05, 0.1) is 6.10 Å². The Labute approximate surface area is 103 Å². The van der Waals surface area contributed by atoms with Crippen LogP contribution in [0.3, 0.4) is 0 Å². The molecule has 0 amide bonds. The van der Waals surface area contributed by atoms with E-state index in [-0.39, 0.29) is 17.5 Å². The Kier molecular flexibility index (Phi) is 3.67. The van der Waals surface area contributed by atoms with Crippen LogP contribution in [0, 0.1) is 17.5 Å². The molecule has 0 saturated heterocycles. The van der Waals surface area contributed by atoms with Crippen LogP contribution < -0.4 is 0 Å². The fraction of sp³-hybridized carbons (Fsp3) is 0.143. The molecule has 1 unspecified atom stereocenters. The predicted octanol–water partition coefficient (Wildman–Crippen LogP) is 3.38. The summed E-state index contributed by atoms with van der Waals surface area (Å²) in [6, 6.07) is 9.40. The molecular formula is C14H11F3O. The summed E-state index contributed by atoms with van der Waals surface area (Å²) in [5.41, 5.74) is 0.0897. The van der Waals surface area contributed by atoms with Crippen molar-refractivity contribution < 1.29 is 18.3 Å². The lowest BCUT2D eigenvalue weighted by Gasteiger charge is -2.12. The van der Waals surface area contributed by atoms with Crippen LogP contribution >= 0.6 is 0 Å². The molecule has 2 aromatic rings. The molecule has 4 heteroatoms. The Morgan fingerprint density at radius 3 is 2.28 bits per heavy atom. The van der Waals surface area contributed by atoms with Crippen molar-refractivity contribution in [1.29, 1.82) is 0 Å². The molecule has 0 aromatic heterocycles. The van der Waals surface area contributed by atoms with Gasteiger partial charge < -0.3 is 5.11 Å². The first kappa shape index (κ1) is 12.6. The van der Waals surface area contributed by atoms with Crippen molar-refractivity contribution in [1.82, 2.24) is 0 Å². The molecule has 0 heterocycles. The fourth-order valence-corrected chi connectivity index (χ4v) is 1.77. The third kappa shape index (κ3) is 2.54. The summed E-state index contributed by atoms with van der Waals surface area (Å²) in [6.45, 7) is 0. The van der Waals surface area contributed by atoms with E-state index >= 15 is 0 Å². The van der Waals surface area contributed by atoms with E-state index in [0.717, 1.165) is 6.07 Å². The van der Waals surface area contributed by atoms with E-state index in [1.165, 1.54) is 30.3 Å². The average molecular weight is 252 g/mol. The highest BCUT2D eigenvalue weighted by molar-refractivity contribution is 5.25. The van der Waals surface area contributed by atoms with E-state index in [9.17, 15) is 18.3 Å². The van der Waals surface area contributed by atoms with Gasteiger partial charge in [0.2, 0.25) is 0 Å². The highest BCUT2D eigenvalue weighted by Gasteiger charge is 2.16. The van der Waals surface area contributed by atoms with E-state index in [0.29, 0.717) is 0 Å². The lowest BCUT2D eigenvalue weighted by molar-refractivity contribution is 0.172. The van der Waals surface area contributed by atoms with Gasteiger partial charge in [-0.15, -0.1) is 0 Å². The van der Waals surface area contributed by atoms with Crippen LogP contribution in [0.15, 0.2) is 42.5 Å². The first-order valence-electron chi connectivity index (χ1n) is 5.45. The highest BCUT2D eigenvalue weighted by atomic mass is 19.2. The van der Waals surface area contributed by atoms with Crippen molar-refractivity contribution in [3.63, 3.8) is 0 Å². The first-order valence-corrected chi connectivity index (χ1v) is 5.45. The molecule has 0 saturated carbocycles. The number of benzene rings is 2. The molecule has 2 rings (SSSR count). The first-order chi connectivity index (χ1) is 8.59. The molecule has 0 aliphatic carbocycles. The summed E-state index contributed by atoms with van der Waals surface area (Å²) < 4.78 is 39.8. The maximum Gasteiger partial charge on any atom is 0.162 e. The Balaban J connectivity index is 2.24. The third-order valence-corrected chi connectivity index (χ3v) is 2.71. The lowest BCUT2D eigenvalue weighted by Crippen LogP contribution is -2.06. The number of rotatable bonds is 3. The van der Waals surface area contributed by atoms with E-state index in [4.69, 9.17) is 0 Å². The molecule has 0 spiro atoms. The second kappa shape index (κ2) is 5.23. The number of halogens is 3. The van der Waals surface area contributed by atoms with E-state index in [1.807, 2.05) is 0 Å². The standard InChI is InChI=1S/C14H11F3O/c15-11-6-2-1-5-10(11)13(18)8-9-4-3-7-12(16)14(9)17/h1-7,13,18H,8H2. The minimum Gasteiger partial charge on any atom is -0.388 e. The molecule has 0 bridgehead atoms. The van der Waals surface area contributed by atoms with Crippen LogP contribution in [-0.2, 0) is 6.42 Å². The van der Waals surface area contributed by atoms with Gasteiger partial charge in [-0.05, 0) is 17.7 Å². The van der Waals surface area contributed by atoms with Crippen LogP contribution in [-0.4, -0.2) is 5.11 Å². The van der Waals surface area contributed by atoms with Gasteiger partial charge >= 0.3 is 0 Å². The van der Waals surface area contributed by atoms with E-state index in [1.54, 1.807) is 6.07 Å². The Hall–Kier alpha value is -1.81. The molecule has 0 radical (unpaired) electrons. The average Bonchev–Trinajstić information content (AvgIpc) is 2.35. The summed E-state index contributed by atoms with van der Waals surface area (Å²) in [6.07, 6.45) is -1.38. The van der Waals surface area contributed by atoms with Crippen LogP contribution in [0.1, 0.15) is 17.2 Å². The van der Waals surface area contributed by atoms with Crippen LogP contribution in [0.5, 0.6) is 0 Å². The largest absolute Gasteiger partial charge is 0.388 e. The topological polar surface area (TPSA) is 20.2 Å². The van der Waals surface area contributed by atoms with E-state index < -0.39 is 23.6 Å². The molecule has 0 aliphatic rings. The molecule has 1 nitrogen and oxygen atoms in total. The summed E-state index contributed by atoms with van der Waals surface area (Å²) in [5, 5.41) is 9.84. The molecule has 2 aromatic carbocycles. The summed E-state index contributed by atoms with van der Waals surface area (Å²) in [7, 11) is 0. The zero-order chi connectivity index (χ0) is 13.1. The monoisotopic (exact) mass is 252 g/mol. The van der Waals surface area contributed by atoms with Crippen molar-refractivity contribution >= 4 is 0 Å². The second-order valence-corrected chi connectivity index (χ2v) is 3.95. The minimum absolute atomic E-state index is 0.0192. The predicted molar refractivity (Wildman–Crippen MR) is 61.4 cm³/mol. The number of hydrogen-bond donors (Lipinski definition) is 1. The highest BCUT2D eigenvalue weighted by Crippen LogP contribution is 2.23. The third-order valence-electron chi connectivity index (χ3n) is 2.71. The van der Waals surface area contributed by atoms with Crippen LogP contribution in [0.25, 0.3) is 0 Å². The lowest BCUT2D eigenvalue weighted by atomic mass is 10.0. The number of aliphatic hydroxyl groups excluding tert-OH is 1. The Morgan fingerprint density at radius 2 is 1.56 bits per heavy atom. The second-order valence-electron chi connectivity index (χ2n) is 3.95. The van der Waals surface area contributed by atoms with Crippen molar-refractivity contribution in [2.75, 3.05) is 0 Å². The van der Waals surface area contributed by atoms with Crippen molar-refractivity contribution in [3.8, 4) is 0 Å². The zero-order valence-electron chi connectivity index (χ0n) is 9.41. The smallest absolute Gasteiger partial charge is 0.162 e. The minimum atomic E-state index is -1.21. The summed E-state index contributed by atoms with van der Waals surface area (Å²) >= 11 is 0. The SMILES string of the molecule is OC(Cc1cccc(F)c1F)c1ccccc1F. The maximum atomic E-state index is 13.4. The van der Waals surface area contributed by atoms with Gasteiger partial charge in [0.1, 0.15) is 5.82 Å². The van der Waals surface area contributed by atoms with Gasteiger partial charge in [-0.1, -0.05) is 30.3 Å². The quantitative estimate of drug-likeness (QED) is 0.887. The van der Waals surface area contributed by atoms with Crippen molar-refractivity contribution in [3.05, 3.63) is 71.0 Å². The zero-order valence-corrected chi connectivity index (χ0v) is 9.41. The molecule has 1 N–H and O–H groups in total. The Morgan fingerprint density at radius 1 is 0.889 bits per heavy atom. The molecule has 0 fully saturated rings. The summed E-state index contributed by atoms with van der Waals surface area (Å²) in [4.78, 5) is 0. The molecule has 18 heavy (non-hydrogen) atoms. The van der Waals surface area contributed by atoms with Crippen molar-refractivity contribution in [2.24, 2.45) is 0 Å². The maximum absolute atomic E-state index is 13.4. The molecule has 0 aliphatic heterocycles. The normalized spacial score (nSPS) is 12.4. The molecule has 1 atom stereocenters. The molecular weight excluding hydrogens is 241 g/mol. The fourth-order valence-electron chi connectivity index (χ4n) is 1.77. The van der Waals surface area contributed by atoms with Gasteiger partial charge in [-0.25, -0.2) is 13.2 Å². The number of aliphatic hydroxyl groups is 1. The summed E-state index contributed by atoms with van der Waals surface area (Å²) in [5.74, 6) is -2.55. The molecule has 94 valence electrons. The van der Waals surface area contributed by atoms with Crippen molar-refractivity contribution in [2.45, 2.75) is 12.5 Å². The van der Waals surface area contributed by atoms with E-state index in [2.05, 4.69) is 0 Å². The van der Waals surface area contributed by atoms with Gasteiger partial charge in [-0.3, -0.25) is 0 Å².